The minimum Gasteiger partial charge on any atom is -0.494 e. The Morgan fingerprint density at radius 1 is 1.14 bits per heavy atom. The van der Waals surface area contributed by atoms with Gasteiger partial charge in [0.1, 0.15) is 5.75 Å². The minimum absolute atomic E-state index is 0.105. The van der Waals surface area contributed by atoms with Crippen molar-refractivity contribution in [3.8, 4) is 5.75 Å². The number of nitrogens with zero attached hydrogens (tertiary/aromatic N) is 1. The molecule has 108 valence electrons. The van der Waals surface area contributed by atoms with E-state index in [2.05, 4.69) is 29.2 Å². The predicted octanol–water partition coefficient (Wildman–Crippen LogP) is 2.88. The third-order valence-electron chi connectivity index (χ3n) is 3.60. The molecule has 3 rings (SSSR count). The number of rotatable bonds is 5. The normalized spacial score (nSPS) is 10.9. The van der Waals surface area contributed by atoms with Crippen LogP contribution in [0.2, 0.25) is 0 Å². The quantitative estimate of drug-likeness (QED) is 0.731. The van der Waals surface area contributed by atoms with Gasteiger partial charge in [0.2, 0.25) is 0 Å². The summed E-state index contributed by atoms with van der Waals surface area (Å²) >= 11 is 0. The molecule has 0 amide bonds. The van der Waals surface area contributed by atoms with Crippen molar-refractivity contribution in [2.24, 2.45) is 7.05 Å². The van der Waals surface area contributed by atoms with E-state index in [1.54, 1.807) is 11.6 Å². The predicted molar refractivity (Wildman–Crippen MR) is 83.8 cm³/mol. The third kappa shape index (κ3) is 2.99. The van der Waals surface area contributed by atoms with Crippen LogP contribution in [0.25, 0.3) is 11.0 Å². The Hall–Kier alpha value is -2.49. The number of benzene rings is 2. The lowest BCUT2D eigenvalue weighted by Gasteiger charge is -2.06. The molecule has 0 saturated carbocycles. The van der Waals surface area contributed by atoms with Crippen LogP contribution in [0.3, 0.4) is 0 Å². The van der Waals surface area contributed by atoms with Gasteiger partial charge >= 0.3 is 5.69 Å². The molecule has 1 heterocycles. The average molecular weight is 282 g/mol. The second kappa shape index (κ2) is 5.87. The summed E-state index contributed by atoms with van der Waals surface area (Å²) in [4.78, 5) is 14.3. The second-order valence-electron chi connectivity index (χ2n) is 5.11. The van der Waals surface area contributed by atoms with Crippen LogP contribution in [-0.4, -0.2) is 16.2 Å². The Kier molecular flexibility index (Phi) is 3.77. The Bertz CT molecular complexity index is 787. The Labute approximate surface area is 123 Å². The van der Waals surface area contributed by atoms with Gasteiger partial charge in [-0.15, -0.1) is 0 Å². The van der Waals surface area contributed by atoms with Crippen molar-refractivity contribution in [1.29, 1.82) is 0 Å². The van der Waals surface area contributed by atoms with E-state index in [-0.39, 0.29) is 5.69 Å². The molecule has 0 atom stereocenters. The van der Waals surface area contributed by atoms with Crippen LogP contribution in [0.15, 0.2) is 53.3 Å². The van der Waals surface area contributed by atoms with Gasteiger partial charge in [-0.2, -0.15) is 0 Å². The topological polar surface area (TPSA) is 47.0 Å². The Balaban J connectivity index is 1.60. The van der Waals surface area contributed by atoms with Crippen molar-refractivity contribution in [2.75, 3.05) is 6.61 Å². The molecule has 21 heavy (non-hydrogen) atoms. The molecule has 1 N–H and O–H groups in total. The van der Waals surface area contributed by atoms with Crippen molar-refractivity contribution in [3.05, 3.63) is 64.6 Å². The maximum Gasteiger partial charge on any atom is 0.326 e. The Morgan fingerprint density at radius 2 is 1.95 bits per heavy atom. The number of aryl methyl sites for hydroxylation is 2. The summed E-state index contributed by atoms with van der Waals surface area (Å²) in [6.07, 6.45) is 1.97. The first-order chi connectivity index (χ1) is 10.2. The molecule has 0 aliphatic rings. The van der Waals surface area contributed by atoms with E-state index in [4.69, 9.17) is 4.74 Å². The van der Waals surface area contributed by atoms with E-state index < -0.39 is 0 Å². The maximum atomic E-state index is 11.5. The summed E-state index contributed by atoms with van der Waals surface area (Å²) in [5, 5.41) is 0. The van der Waals surface area contributed by atoms with Crippen LogP contribution in [-0.2, 0) is 13.5 Å². The van der Waals surface area contributed by atoms with E-state index >= 15 is 0 Å². The van der Waals surface area contributed by atoms with Gasteiger partial charge in [-0.25, -0.2) is 4.79 Å². The number of hydrogen-bond donors (Lipinski definition) is 1. The number of fused-ring (bicyclic) bond motifs is 1. The highest BCUT2D eigenvalue weighted by Crippen LogP contribution is 2.18. The highest BCUT2D eigenvalue weighted by molar-refractivity contribution is 5.76. The lowest BCUT2D eigenvalue weighted by molar-refractivity contribution is 0.311. The smallest absolute Gasteiger partial charge is 0.326 e. The molecule has 0 aliphatic carbocycles. The van der Waals surface area contributed by atoms with Gasteiger partial charge in [0, 0.05) is 13.1 Å². The summed E-state index contributed by atoms with van der Waals surface area (Å²) in [7, 11) is 1.75. The number of ether oxygens (including phenoxy) is 1. The molecule has 1 aromatic heterocycles. The van der Waals surface area contributed by atoms with Crippen LogP contribution < -0.4 is 10.4 Å². The lowest BCUT2D eigenvalue weighted by Crippen LogP contribution is -2.11. The van der Waals surface area contributed by atoms with Gasteiger partial charge in [-0.1, -0.05) is 30.3 Å². The van der Waals surface area contributed by atoms with Crippen molar-refractivity contribution in [1.82, 2.24) is 9.55 Å². The van der Waals surface area contributed by atoms with Gasteiger partial charge in [-0.3, -0.25) is 4.57 Å². The van der Waals surface area contributed by atoms with Crippen LogP contribution in [0, 0.1) is 0 Å². The molecule has 0 fully saturated rings. The fourth-order valence-corrected chi connectivity index (χ4v) is 2.40. The second-order valence-corrected chi connectivity index (χ2v) is 5.11. The average Bonchev–Trinajstić information content (AvgIpc) is 2.80. The van der Waals surface area contributed by atoms with E-state index in [1.807, 2.05) is 24.3 Å². The summed E-state index contributed by atoms with van der Waals surface area (Å²) in [6, 6.07) is 16.0. The standard InChI is InChI=1S/C17H18N2O2/c1-19-16-12-14(9-10-15(16)18-17(19)20)21-11-5-8-13-6-3-2-4-7-13/h2-4,6-7,9-10,12H,5,8,11H2,1H3,(H,18,20). The largest absolute Gasteiger partial charge is 0.494 e. The fraction of sp³-hybridized carbons (Fsp3) is 0.235. The van der Waals surface area contributed by atoms with Crippen molar-refractivity contribution in [3.63, 3.8) is 0 Å². The minimum atomic E-state index is -0.105. The molecular formula is C17H18N2O2. The first-order valence-corrected chi connectivity index (χ1v) is 7.09. The number of aromatic nitrogens is 2. The van der Waals surface area contributed by atoms with Crippen LogP contribution in [0.4, 0.5) is 0 Å². The van der Waals surface area contributed by atoms with Crippen LogP contribution in [0.5, 0.6) is 5.75 Å². The molecule has 4 nitrogen and oxygen atoms in total. The zero-order chi connectivity index (χ0) is 14.7. The first kappa shape index (κ1) is 13.5. The van der Waals surface area contributed by atoms with E-state index in [0.29, 0.717) is 6.61 Å². The summed E-state index contributed by atoms with van der Waals surface area (Å²) in [5.41, 5.74) is 2.91. The number of nitrogens with one attached hydrogen (secondary N) is 1. The summed E-state index contributed by atoms with van der Waals surface area (Å²) in [6.45, 7) is 0.665. The van der Waals surface area contributed by atoms with Crippen molar-refractivity contribution >= 4 is 11.0 Å². The first-order valence-electron chi connectivity index (χ1n) is 7.09. The fourth-order valence-electron chi connectivity index (χ4n) is 2.40. The number of aromatic amines is 1. The molecule has 0 radical (unpaired) electrons. The van der Waals surface area contributed by atoms with Crippen LogP contribution >= 0.6 is 0 Å². The third-order valence-corrected chi connectivity index (χ3v) is 3.60. The van der Waals surface area contributed by atoms with Crippen LogP contribution in [0.1, 0.15) is 12.0 Å². The molecule has 0 saturated heterocycles. The highest BCUT2D eigenvalue weighted by atomic mass is 16.5. The number of H-pyrrole nitrogens is 1. The van der Waals surface area contributed by atoms with Gasteiger partial charge < -0.3 is 9.72 Å². The lowest BCUT2D eigenvalue weighted by atomic mass is 10.1. The highest BCUT2D eigenvalue weighted by Gasteiger charge is 2.04. The van der Waals surface area contributed by atoms with Gasteiger partial charge in [0.25, 0.3) is 0 Å². The maximum absolute atomic E-state index is 11.5. The van der Waals surface area contributed by atoms with Crippen molar-refractivity contribution < 1.29 is 4.74 Å². The van der Waals surface area contributed by atoms with Gasteiger partial charge in [0.05, 0.1) is 17.6 Å². The van der Waals surface area contributed by atoms with Crippen molar-refractivity contribution in [2.45, 2.75) is 12.8 Å². The summed E-state index contributed by atoms with van der Waals surface area (Å²) in [5.74, 6) is 0.796. The molecule has 4 heteroatoms. The monoisotopic (exact) mass is 282 g/mol. The molecule has 2 aromatic carbocycles. The Morgan fingerprint density at radius 3 is 2.76 bits per heavy atom. The zero-order valence-electron chi connectivity index (χ0n) is 12.0. The van der Waals surface area contributed by atoms with Gasteiger partial charge in [-0.05, 0) is 30.5 Å². The van der Waals surface area contributed by atoms with E-state index in [0.717, 1.165) is 29.6 Å². The molecule has 0 bridgehead atoms. The molecule has 3 aromatic rings. The SMILES string of the molecule is Cn1c(=O)[nH]c2ccc(OCCCc3ccccc3)cc21. The van der Waals surface area contributed by atoms with E-state index in [9.17, 15) is 4.79 Å². The molecule has 0 spiro atoms. The molecule has 0 unspecified atom stereocenters. The van der Waals surface area contributed by atoms with E-state index in [1.165, 1.54) is 5.56 Å². The number of imidazole rings is 1. The number of hydrogen-bond acceptors (Lipinski definition) is 2. The van der Waals surface area contributed by atoms with Gasteiger partial charge in [0.15, 0.2) is 0 Å². The summed E-state index contributed by atoms with van der Waals surface area (Å²) < 4.78 is 7.36. The molecule has 0 aliphatic heterocycles. The zero-order valence-corrected chi connectivity index (χ0v) is 12.0. The molecular weight excluding hydrogens is 264 g/mol.